The highest BCUT2D eigenvalue weighted by Crippen LogP contribution is 2.37. The van der Waals surface area contributed by atoms with Gasteiger partial charge in [-0.15, -0.1) is 0 Å². The van der Waals surface area contributed by atoms with E-state index in [2.05, 4.69) is 38.7 Å². The van der Waals surface area contributed by atoms with Crippen LogP contribution in [-0.4, -0.2) is 34.5 Å². The number of carbonyl (C=O) groups excluding carboxylic acids is 2. The van der Waals surface area contributed by atoms with E-state index >= 15 is 0 Å². The van der Waals surface area contributed by atoms with E-state index in [-0.39, 0.29) is 11.9 Å². The Morgan fingerprint density at radius 1 is 1.09 bits per heavy atom. The molecule has 2 aliphatic rings. The lowest BCUT2D eigenvalue weighted by Gasteiger charge is -2.32. The number of esters is 1. The fourth-order valence-corrected chi connectivity index (χ4v) is 5.32. The van der Waals surface area contributed by atoms with Crippen molar-refractivity contribution in [2.45, 2.75) is 58.9 Å². The van der Waals surface area contributed by atoms with Crippen molar-refractivity contribution in [1.29, 1.82) is 0 Å². The third-order valence-electron chi connectivity index (χ3n) is 6.63. The molecule has 1 amide bonds. The van der Waals surface area contributed by atoms with Crippen molar-refractivity contribution in [3.05, 3.63) is 68.6 Å². The van der Waals surface area contributed by atoms with Gasteiger partial charge in [0.1, 0.15) is 0 Å². The van der Waals surface area contributed by atoms with Gasteiger partial charge in [0.15, 0.2) is 0 Å². The molecule has 0 bridgehead atoms. The molecule has 0 spiro atoms. The fraction of sp³-hybridized carbons (Fsp3) is 0.385. The van der Waals surface area contributed by atoms with Gasteiger partial charge in [0.2, 0.25) is 0 Å². The predicted octanol–water partition coefficient (Wildman–Crippen LogP) is 5.86. The number of aryl methyl sites for hydroxylation is 1. The number of hydrogen-bond acceptors (Lipinski definition) is 3. The molecule has 4 rings (SSSR count). The Bertz CT molecular complexity index is 1120. The molecule has 1 fully saturated rings. The van der Waals surface area contributed by atoms with Crippen LogP contribution < -0.4 is 0 Å². The zero-order valence-electron chi connectivity index (χ0n) is 19.1. The normalized spacial score (nSPS) is 18.7. The largest absolute Gasteiger partial charge is 0.465 e. The number of aromatic nitrogens is 1. The number of allylic oxidation sites excluding steroid dienone is 1. The van der Waals surface area contributed by atoms with Crippen molar-refractivity contribution < 1.29 is 14.3 Å². The number of rotatable bonds is 4. The highest BCUT2D eigenvalue weighted by atomic mass is 79.9. The van der Waals surface area contributed by atoms with E-state index in [4.69, 9.17) is 4.74 Å². The topological polar surface area (TPSA) is 51.5 Å². The number of benzene rings is 1. The zero-order chi connectivity index (χ0) is 23.0. The van der Waals surface area contributed by atoms with Gasteiger partial charge in [-0.3, -0.25) is 4.79 Å². The van der Waals surface area contributed by atoms with Crippen LogP contribution in [0.4, 0.5) is 0 Å². The van der Waals surface area contributed by atoms with Crippen LogP contribution in [0.5, 0.6) is 0 Å². The average Bonchev–Trinajstić information content (AvgIpc) is 3.20. The molecule has 0 N–H and O–H groups in total. The van der Waals surface area contributed by atoms with Crippen LogP contribution in [0.3, 0.4) is 0 Å². The Morgan fingerprint density at radius 2 is 1.75 bits per heavy atom. The van der Waals surface area contributed by atoms with Gasteiger partial charge in [-0.25, -0.2) is 4.79 Å². The first-order valence-electron chi connectivity index (χ1n) is 11.1. The summed E-state index contributed by atoms with van der Waals surface area (Å²) >= 11 is 3.49. The lowest BCUT2D eigenvalue weighted by Crippen LogP contribution is -2.37. The molecular formula is C26H29BrN2O3. The summed E-state index contributed by atoms with van der Waals surface area (Å²) in [5, 5.41) is 0. The van der Waals surface area contributed by atoms with E-state index in [1.165, 1.54) is 13.5 Å². The summed E-state index contributed by atoms with van der Waals surface area (Å²) in [7, 11) is 1.37. The van der Waals surface area contributed by atoms with Gasteiger partial charge >= 0.3 is 5.97 Å². The van der Waals surface area contributed by atoms with Gasteiger partial charge in [-0.1, -0.05) is 35.2 Å². The molecule has 0 radical (unpaired) electrons. The molecule has 0 unspecified atom stereocenters. The Kier molecular flexibility index (Phi) is 6.42. The molecule has 1 aromatic carbocycles. The summed E-state index contributed by atoms with van der Waals surface area (Å²) in [5.74, 6) is -0.551. The Morgan fingerprint density at radius 3 is 2.38 bits per heavy atom. The van der Waals surface area contributed by atoms with Gasteiger partial charge in [0, 0.05) is 33.3 Å². The smallest absolute Gasteiger partial charge is 0.340 e. The van der Waals surface area contributed by atoms with E-state index in [1.807, 2.05) is 43.9 Å². The van der Waals surface area contributed by atoms with Crippen molar-refractivity contribution in [3.8, 4) is 5.69 Å². The van der Waals surface area contributed by atoms with Gasteiger partial charge in [0.05, 0.1) is 18.3 Å². The van der Waals surface area contributed by atoms with Crippen LogP contribution in [0, 0.1) is 13.8 Å². The molecule has 2 aromatic rings. The maximum atomic E-state index is 13.6. The van der Waals surface area contributed by atoms with Crippen LogP contribution in [0.1, 0.15) is 56.0 Å². The van der Waals surface area contributed by atoms with Gasteiger partial charge < -0.3 is 14.2 Å². The number of halogens is 1. The van der Waals surface area contributed by atoms with Crippen LogP contribution in [0.15, 0.2) is 51.6 Å². The quantitative estimate of drug-likeness (QED) is 0.393. The molecule has 2 heterocycles. The molecular weight excluding hydrogens is 468 g/mol. The van der Waals surface area contributed by atoms with Crippen LogP contribution in [-0.2, 0) is 14.3 Å². The summed E-state index contributed by atoms with van der Waals surface area (Å²) in [6, 6.07) is 10.3. The minimum absolute atomic E-state index is 0.0942. The van der Waals surface area contributed by atoms with E-state index in [0.717, 1.165) is 52.8 Å². The Balaban J connectivity index is 1.78. The van der Waals surface area contributed by atoms with Crippen molar-refractivity contribution in [2.75, 3.05) is 7.11 Å². The SMILES string of the molecule is COC(=O)C1=C(C)N(C2CCCCC2)C(=O)/C1=C/c1cc(C)n(-c2ccc(Br)cc2)c1C. The molecule has 5 nitrogen and oxygen atoms in total. The van der Waals surface area contributed by atoms with Crippen molar-refractivity contribution in [2.24, 2.45) is 0 Å². The Labute approximate surface area is 197 Å². The summed E-state index contributed by atoms with van der Waals surface area (Å²) in [5.41, 5.74) is 5.58. The lowest BCUT2D eigenvalue weighted by molar-refractivity contribution is -0.136. The summed E-state index contributed by atoms with van der Waals surface area (Å²) in [6.07, 6.45) is 7.24. The van der Waals surface area contributed by atoms with E-state index < -0.39 is 5.97 Å². The van der Waals surface area contributed by atoms with Crippen molar-refractivity contribution in [3.63, 3.8) is 0 Å². The monoisotopic (exact) mass is 496 g/mol. The van der Waals surface area contributed by atoms with E-state index in [9.17, 15) is 9.59 Å². The molecule has 1 aromatic heterocycles. The summed E-state index contributed by atoms with van der Waals surface area (Å²) < 4.78 is 8.25. The third-order valence-corrected chi connectivity index (χ3v) is 7.15. The van der Waals surface area contributed by atoms with Crippen LogP contribution >= 0.6 is 15.9 Å². The second kappa shape index (κ2) is 9.10. The summed E-state index contributed by atoms with van der Waals surface area (Å²) in [4.78, 5) is 28.1. The first-order valence-corrected chi connectivity index (χ1v) is 11.9. The van der Waals surface area contributed by atoms with Crippen molar-refractivity contribution in [1.82, 2.24) is 9.47 Å². The number of nitrogens with zero attached hydrogens (tertiary/aromatic N) is 2. The maximum absolute atomic E-state index is 13.6. The van der Waals surface area contributed by atoms with Gasteiger partial charge in [-0.05, 0) is 75.6 Å². The number of hydrogen-bond donors (Lipinski definition) is 0. The standard InChI is InChI=1S/C26H29BrN2O3/c1-16-14-19(17(2)28(16)22-12-10-20(27)11-13-22)15-23-24(26(31)32-4)18(3)29(25(23)30)21-8-6-5-7-9-21/h10-15,21H,5-9H2,1-4H3/b23-15+. The van der Waals surface area contributed by atoms with E-state index in [0.29, 0.717) is 16.8 Å². The van der Waals surface area contributed by atoms with Gasteiger partial charge in [-0.2, -0.15) is 0 Å². The fourth-order valence-electron chi connectivity index (χ4n) is 5.05. The van der Waals surface area contributed by atoms with Crippen LogP contribution in [0.2, 0.25) is 0 Å². The predicted molar refractivity (Wildman–Crippen MR) is 129 cm³/mol. The second-order valence-electron chi connectivity index (χ2n) is 8.62. The third kappa shape index (κ3) is 3.96. The molecule has 0 atom stereocenters. The number of carbonyl (C=O) groups is 2. The van der Waals surface area contributed by atoms with Crippen LogP contribution in [0.25, 0.3) is 11.8 Å². The highest BCUT2D eigenvalue weighted by Gasteiger charge is 2.40. The van der Waals surface area contributed by atoms with Gasteiger partial charge in [0.25, 0.3) is 5.91 Å². The van der Waals surface area contributed by atoms with E-state index in [1.54, 1.807) is 0 Å². The summed E-state index contributed by atoms with van der Waals surface area (Å²) in [6.45, 7) is 5.95. The minimum atomic E-state index is -0.456. The second-order valence-corrected chi connectivity index (χ2v) is 9.53. The highest BCUT2D eigenvalue weighted by molar-refractivity contribution is 9.10. The first-order chi connectivity index (χ1) is 15.3. The molecule has 0 saturated heterocycles. The maximum Gasteiger partial charge on any atom is 0.340 e. The number of methoxy groups -OCH3 is 1. The average molecular weight is 497 g/mol. The lowest BCUT2D eigenvalue weighted by atomic mass is 9.94. The number of ether oxygens (including phenoxy) is 1. The number of amides is 1. The molecule has 168 valence electrons. The minimum Gasteiger partial charge on any atom is -0.465 e. The Hall–Kier alpha value is -2.60. The zero-order valence-corrected chi connectivity index (χ0v) is 20.7. The molecule has 6 heteroatoms. The first kappa shape index (κ1) is 22.6. The molecule has 1 saturated carbocycles. The van der Waals surface area contributed by atoms with Crippen molar-refractivity contribution >= 4 is 33.9 Å². The molecule has 1 aliphatic carbocycles. The molecule has 32 heavy (non-hydrogen) atoms. The molecule has 1 aliphatic heterocycles.